The summed E-state index contributed by atoms with van der Waals surface area (Å²) in [7, 11) is 0. The Morgan fingerprint density at radius 3 is 1.92 bits per heavy atom. The molecule has 0 heterocycles. The van der Waals surface area contributed by atoms with Crippen molar-refractivity contribution < 1.29 is 5.11 Å². The maximum Gasteiger partial charge on any atom is 0.0540 e. The molecule has 76 valence electrons. The molecule has 0 amide bonds. The molecule has 2 aliphatic rings. The van der Waals surface area contributed by atoms with E-state index in [2.05, 4.69) is 0 Å². The van der Waals surface area contributed by atoms with Gasteiger partial charge in [0.25, 0.3) is 0 Å². The van der Waals surface area contributed by atoms with E-state index in [1.807, 2.05) is 0 Å². The summed E-state index contributed by atoms with van der Waals surface area (Å²) in [6.07, 6.45) is 8.30. The molecule has 0 aliphatic heterocycles. The standard InChI is InChI=1S/C11H21NO/c12-11(8-2-1-3-8)9-4-6-10(13)7-5-9/h8-11,13H,1-7,12H2. The fraction of sp³-hybridized carbons (Fsp3) is 1.00. The van der Waals surface area contributed by atoms with Gasteiger partial charge in [0, 0.05) is 6.04 Å². The van der Waals surface area contributed by atoms with Crippen LogP contribution in [-0.2, 0) is 0 Å². The molecular weight excluding hydrogens is 162 g/mol. The van der Waals surface area contributed by atoms with Crippen molar-refractivity contribution in [3.8, 4) is 0 Å². The number of nitrogens with two attached hydrogens (primary N) is 1. The molecular formula is C11H21NO. The minimum atomic E-state index is -0.0372. The first-order chi connectivity index (χ1) is 6.27. The lowest BCUT2D eigenvalue weighted by Gasteiger charge is -2.38. The van der Waals surface area contributed by atoms with E-state index in [1.165, 1.54) is 19.3 Å². The van der Waals surface area contributed by atoms with Gasteiger partial charge in [0.2, 0.25) is 0 Å². The SMILES string of the molecule is NC(C1CCC1)C1CCC(O)CC1. The van der Waals surface area contributed by atoms with Crippen molar-refractivity contribution >= 4 is 0 Å². The topological polar surface area (TPSA) is 46.2 Å². The van der Waals surface area contributed by atoms with E-state index < -0.39 is 0 Å². The van der Waals surface area contributed by atoms with E-state index in [1.54, 1.807) is 0 Å². The predicted octanol–water partition coefficient (Wildman–Crippen LogP) is 1.66. The van der Waals surface area contributed by atoms with Crippen LogP contribution in [0.5, 0.6) is 0 Å². The zero-order chi connectivity index (χ0) is 9.26. The summed E-state index contributed by atoms with van der Waals surface area (Å²) in [6, 6.07) is 0.432. The molecule has 0 radical (unpaired) electrons. The maximum atomic E-state index is 9.38. The molecule has 0 bridgehead atoms. The highest BCUT2D eigenvalue weighted by Gasteiger charge is 2.32. The summed E-state index contributed by atoms with van der Waals surface area (Å²) >= 11 is 0. The Bertz CT molecular complexity index is 159. The van der Waals surface area contributed by atoms with Crippen LogP contribution in [-0.4, -0.2) is 17.3 Å². The molecule has 3 N–H and O–H groups in total. The average molecular weight is 183 g/mol. The van der Waals surface area contributed by atoms with Gasteiger partial charge in [-0.15, -0.1) is 0 Å². The monoisotopic (exact) mass is 183 g/mol. The summed E-state index contributed by atoms with van der Waals surface area (Å²) in [6.45, 7) is 0. The lowest BCUT2D eigenvalue weighted by Crippen LogP contribution is -2.42. The Balaban J connectivity index is 1.79. The van der Waals surface area contributed by atoms with Gasteiger partial charge in [-0.2, -0.15) is 0 Å². The van der Waals surface area contributed by atoms with E-state index in [0.717, 1.165) is 31.6 Å². The second kappa shape index (κ2) is 3.97. The highest BCUT2D eigenvalue weighted by Crippen LogP contribution is 2.36. The quantitative estimate of drug-likeness (QED) is 0.684. The molecule has 0 aromatic rings. The third kappa shape index (κ3) is 2.05. The summed E-state index contributed by atoms with van der Waals surface area (Å²) in [5.41, 5.74) is 6.22. The van der Waals surface area contributed by atoms with Gasteiger partial charge < -0.3 is 10.8 Å². The average Bonchev–Trinajstić information content (AvgIpc) is 2.02. The van der Waals surface area contributed by atoms with Crippen LogP contribution in [0.4, 0.5) is 0 Å². The van der Waals surface area contributed by atoms with Crippen LogP contribution in [0.2, 0.25) is 0 Å². The molecule has 13 heavy (non-hydrogen) atoms. The van der Waals surface area contributed by atoms with Crippen LogP contribution in [0.25, 0.3) is 0 Å². The second-order valence-corrected chi connectivity index (χ2v) is 4.84. The fourth-order valence-electron chi connectivity index (χ4n) is 2.70. The van der Waals surface area contributed by atoms with E-state index in [9.17, 15) is 5.11 Å². The Kier molecular flexibility index (Phi) is 2.89. The van der Waals surface area contributed by atoms with Crippen molar-refractivity contribution in [2.45, 2.75) is 57.1 Å². The van der Waals surface area contributed by atoms with E-state index >= 15 is 0 Å². The van der Waals surface area contributed by atoms with Crippen LogP contribution >= 0.6 is 0 Å². The van der Waals surface area contributed by atoms with Crippen LogP contribution in [0.3, 0.4) is 0 Å². The molecule has 0 spiro atoms. The van der Waals surface area contributed by atoms with Crippen molar-refractivity contribution in [2.75, 3.05) is 0 Å². The molecule has 1 unspecified atom stereocenters. The first-order valence-corrected chi connectivity index (χ1v) is 5.71. The van der Waals surface area contributed by atoms with Gasteiger partial charge in [0.05, 0.1) is 6.10 Å². The van der Waals surface area contributed by atoms with Crippen LogP contribution in [0.15, 0.2) is 0 Å². The first kappa shape index (κ1) is 9.47. The number of hydrogen-bond donors (Lipinski definition) is 2. The zero-order valence-electron chi connectivity index (χ0n) is 8.28. The van der Waals surface area contributed by atoms with Crippen molar-refractivity contribution in [3.63, 3.8) is 0 Å². The number of hydrogen-bond acceptors (Lipinski definition) is 2. The molecule has 2 nitrogen and oxygen atoms in total. The van der Waals surface area contributed by atoms with Crippen LogP contribution < -0.4 is 5.73 Å². The lowest BCUT2D eigenvalue weighted by atomic mass is 9.71. The van der Waals surface area contributed by atoms with Gasteiger partial charge in [-0.25, -0.2) is 0 Å². The summed E-state index contributed by atoms with van der Waals surface area (Å²) < 4.78 is 0. The van der Waals surface area contributed by atoms with Crippen molar-refractivity contribution in [1.82, 2.24) is 0 Å². The minimum Gasteiger partial charge on any atom is -0.393 e. The van der Waals surface area contributed by atoms with Gasteiger partial charge in [-0.3, -0.25) is 0 Å². The molecule has 2 rings (SSSR count). The summed E-state index contributed by atoms with van der Waals surface area (Å²) in [5, 5.41) is 9.38. The number of rotatable bonds is 2. The molecule has 1 atom stereocenters. The van der Waals surface area contributed by atoms with Gasteiger partial charge in [0.15, 0.2) is 0 Å². The smallest absolute Gasteiger partial charge is 0.0540 e. The van der Waals surface area contributed by atoms with Crippen molar-refractivity contribution in [2.24, 2.45) is 17.6 Å². The fourth-order valence-corrected chi connectivity index (χ4v) is 2.70. The minimum absolute atomic E-state index is 0.0372. The Morgan fingerprint density at radius 1 is 0.923 bits per heavy atom. The molecule has 0 aromatic heterocycles. The lowest BCUT2D eigenvalue weighted by molar-refractivity contribution is 0.0848. The molecule has 2 saturated carbocycles. The maximum absolute atomic E-state index is 9.38. The number of aliphatic hydroxyl groups excluding tert-OH is 1. The molecule has 2 heteroatoms. The Morgan fingerprint density at radius 2 is 1.46 bits per heavy atom. The third-order valence-corrected chi connectivity index (χ3v) is 3.98. The van der Waals surface area contributed by atoms with E-state index in [4.69, 9.17) is 5.73 Å². The predicted molar refractivity (Wildman–Crippen MR) is 53.3 cm³/mol. The van der Waals surface area contributed by atoms with E-state index in [0.29, 0.717) is 12.0 Å². The van der Waals surface area contributed by atoms with Gasteiger partial charge in [0.1, 0.15) is 0 Å². The molecule has 0 saturated heterocycles. The van der Waals surface area contributed by atoms with Crippen LogP contribution in [0, 0.1) is 11.8 Å². The molecule has 2 aliphatic carbocycles. The van der Waals surface area contributed by atoms with Gasteiger partial charge in [-0.05, 0) is 50.4 Å². The third-order valence-electron chi connectivity index (χ3n) is 3.98. The molecule has 2 fully saturated rings. The Labute approximate surface area is 80.5 Å². The molecule has 0 aromatic carbocycles. The largest absolute Gasteiger partial charge is 0.393 e. The highest BCUT2D eigenvalue weighted by molar-refractivity contribution is 4.87. The van der Waals surface area contributed by atoms with Crippen molar-refractivity contribution in [1.29, 1.82) is 0 Å². The van der Waals surface area contributed by atoms with Crippen LogP contribution in [0.1, 0.15) is 44.9 Å². The number of aliphatic hydroxyl groups is 1. The summed E-state index contributed by atoms with van der Waals surface area (Å²) in [4.78, 5) is 0. The first-order valence-electron chi connectivity index (χ1n) is 5.71. The normalized spacial score (nSPS) is 38.3. The highest BCUT2D eigenvalue weighted by atomic mass is 16.3. The summed E-state index contributed by atoms with van der Waals surface area (Å²) in [5.74, 6) is 1.51. The van der Waals surface area contributed by atoms with Gasteiger partial charge >= 0.3 is 0 Å². The second-order valence-electron chi connectivity index (χ2n) is 4.84. The van der Waals surface area contributed by atoms with E-state index in [-0.39, 0.29) is 6.10 Å². The zero-order valence-corrected chi connectivity index (χ0v) is 8.28. The Hall–Kier alpha value is -0.0800. The van der Waals surface area contributed by atoms with Crippen molar-refractivity contribution in [3.05, 3.63) is 0 Å². The van der Waals surface area contributed by atoms with Gasteiger partial charge in [-0.1, -0.05) is 6.42 Å².